The maximum Gasteiger partial charge on any atom is 0.407 e. The molecule has 0 aliphatic heterocycles. The first-order chi connectivity index (χ1) is 18.6. The molecule has 1 N–H and O–H groups in total. The molecule has 0 spiro atoms. The van der Waals surface area contributed by atoms with Crippen LogP contribution in [-0.2, 0) is 40.3 Å². The summed E-state index contributed by atoms with van der Waals surface area (Å²) in [6.45, 7) is 0.433. The maximum atomic E-state index is 12.7. The third-order valence-corrected chi connectivity index (χ3v) is 7.59. The summed E-state index contributed by atoms with van der Waals surface area (Å²) in [5.41, 5.74) is 5.74. The normalized spacial score (nSPS) is 12.4. The highest BCUT2D eigenvalue weighted by atomic mass is 32.1. The minimum atomic E-state index is -0.456. The van der Waals surface area contributed by atoms with Gasteiger partial charge in [-0.15, -0.1) is 22.7 Å². The molecular formula is C29H31N3O4S2. The summed E-state index contributed by atoms with van der Waals surface area (Å²) in [7, 11) is 0. The maximum absolute atomic E-state index is 12.7. The molecule has 1 amide bonds. The van der Waals surface area contributed by atoms with Gasteiger partial charge in [-0.25, -0.2) is 4.79 Å². The number of thiazole rings is 2. The molecule has 2 aromatic carbocycles. The molecule has 0 saturated heterocycles. The van der Waals surface area contributed by atoms with Crippen LogP contribution in [-0.4, -0.2) is 28.1 Å². The average Bonchev–Trinajstić information content (AvgIpc) is 3.65. The van der Waals surface area contributed by atoms with Crippen LogP contribution in [0.15, 0.2) is 84.1 Å². The number of nitrogens with one attached hydrogen (secondary N) is 1. The lowest BCUT2D eigenvalue weighted by atomic mass is 9.89. The van der Waals surface area contributed by atoms with E-state index in [0.29, 0.717) is 19.3 Å². The van der Waals surface area contributed by atoms with Gasteiger partial charge in [0.25, 0.3) is 0 Å². The van der Waals surface area contributed by atoms with Gasteiger partial charge in [0.2, 0.25) is 0 Å². The number of benzene rings is 2. The van der Waals surface area contributed by atoms with E-state index in [2.05, 4.69) is 39.6 Å². The van der Waals surface area contributed by atoms with E-state index < -0.39 is 6.09 Å². The van der Waals surface area contributed by atoms with E-state index in [0.717, 1.165) is 28.2 Å². The van der Waals surface area contributed by atoms with E-state index in [1.165, 1.54) is 28.2 Å². The lowest BCUT2D eigenvalue weighted by molar-refractivity contribution is -0.146. The lowest BCUT2D eigenvalue weighted by Gasteiger charge is -2.22. The van der Waals surface area contributed by atoms with Crippen LogP contribution in [0.2, 0.25) is 0 Å². The summed E-state index contributed by atoms with van der Waals surface area (Å²) in [6.07, 6.45) is 6.13. The molecule has 0 aliphatic rings. The van der Waals surface area contributed by atoms with Gasteiger partial charge in [0.1, 0.15) is 13.2 Å². The van der Waals surface area contributed by atoms with Crippen LogP contribution < -0.4 is 5.32 Å². The fourth-order valence-electron chi connectivity index (χ4n) is 4.20. The number of rotatable bonds is 14. The van der Waals surface area contributed by atoms with E-state index in [1.54, 1.807) is 23.4 Å². The number of esters is 1. The fourth-order valence-corrected chi connectivity index (χ4v) is 5.21. The van der Waals surface area contributed by atoms with E-state index in [9.17, 15) is 9.59 Å². The van der Waals surface area contributed by atoms with Crippen LogP contribution in [0.5, 0.6) is 0 Å². The van der Waals surface area contributed by atoms with Crippen LogP contribution in [0.25, 0.3) is 0 Å². The van der Waals surface area contributed by atoms with Crippen molar-refractivity contribution in [2.45, 2.75) is 51.4 Å². The second kappa shape index (κ2) is 15.0. The smallest absolute Gasteiger partial charge is 0.407 e. The van der Waals surface area contributed by atoms with E-state index in [4.69, 9.17) is 9.47 Å². The molecule has 4 aromatic rings. The zero-order valence-corrected chi connectivity index (χ0v) is 22.7. The number of ether oxygens (including phenoxy) is 2. The van der Waals surface area contributed by atoms with Crippen molar-refractivity contribution in [2.24, 2.45) is 5.92 Å². The number of carbonyl (C=O) groups is 2. The van der Waals surface area contributed by atoms with Gasteiger partial charge in [-0.05, 0) is 42.7 Å². The van der Waals surface area contributed by atoms with Crippen molar-refractivity contribution < 1.29 is 19.1 Å². The topological polar surface area (TPSA) is 90.4 Å². The molecule has 0 radical (unpaired) electrons. The van der Waals surface area contributed by atoms with Gasteiger partial charge in [-0.2, -0.15) is 0 Å². The molecule has 2 aromatic heterocycles. The minimum Gasteiger partial charge on any atom is -0.460 e. The molecule has 4 rings (SSSR count). The standard InChI is InChI=1S/C29H31N3O4S2/c33-28(35-18-26-16-30-20-37-26)15-24(13-22-7-3-1-4-8-22)11-12-25(14-23-9-5-2-6-10-23)32-29(34)36-19-27-17-31-21-38-27/h1-10,16-17,20-21,24-25H,11-15,18-19H2,(H,32,34)/t24-,25-/m0/s1. The minimum absolute atomic E-state index is 0.0691. The molecule has 0 bridgehead atoms. The van der Waals surface area contributed by atoms with Crippen molar-refractivity contribution in [3.05, 3.63) is 105 Å². The average molecular weight is 550 g/mol. The predicted octanol–water partition coefficient (Wildman–Crippen LogP) is 6.21. The van der Waals surface area contributed by atoms with Crippen molar-refractivity contribution in [2.75, 3.05) is 0 Å². The molecule has 2 heterocycles. The Labute approximate surface area is 230 Å². The molecule has 0 aliphatic carbocycles. The molecule has 0 unspecified atom stereocenters. The highest BCUT2D eigenvalue weighted by molar-refractivity contribution is 7.09. The van der Waals surface area contributed by atoms with Crippen LogP contribution in [0.1, 0.15) is 40.1 Å². The SMILES string of the molecule is O=C(C[C@@H](CC[C@@H](Cc1ccccc1)NC(=O)OCc1cncs1)Cc1ccccc1)OCc1cncs1. The molecule has 198 valence electrons. The van der Waals surface area contributed by atoms with Crippen LogP contribution in [0.4, 0.5) is 4.79 Å². The number of hydrogen-bond donors (Lipinski definition) is 1. The largest absolute Gasteiger partial charge is 0.460 e. The van der Waals surface area contributed by atoms with Gasteiger partial charge >= 0.3 is 12.1 Å². The van der Waals surface area contributed by atoms with Crippen molar-refractivity contribution in [3.63, 3.8) is 0 Å². The first-order valence-corrected chi connectivity index (χ1v) is 14.3. The third-order valence-electron chi connectivity index (χ3n) is 6.08. The first-order valence-electron chi connectivity index (χ1n) is 12.6. The Kier molecular flexibility index (Phi) is 10.8. The number of amides is 1. The monoisotopic (exact) mass is 549 g/mol. The summed E-state index contributed by atoms with van der Waals surface area (Å²) >= 11 is 2.91. The van der Waals surface area contributed by atoms with Gasteiger partial charge < -0.3 is 14.8 Å². The van der Waals surface area contributed by atoms with Crippen molar-refractivity contribution in [1.82, 2.24) is 15.3 Å². The van der Waals surface area contributed by atoms with Crippen molar-refractivity contribution in [1.29, 1.82) is 0 Å². The van der Waals surface area contributed by atoms with E-state index in [-0.39, 0.29) is 31.1 Å². The Morgan fingerprint density at radius 1 is 0.763 bits per heavy atom. The molecule has 7 nitrogen and oxygen atoms in total. The van der Waals surface area contributed by atoms with Gasteiger partial charge in [0, 0.05) is 24.9 Å². The summed E-state index contributed by atoms with van der Waals surface area (Å²) in [5.74, 6) is -0.157. The number of hydrogen-bond acceptors (Lipinski definition) is 8. The molecule has 2 atom stereocenters. The Morgan fingerprint density at radius 3 is 1.92 bits per heavy atom. The first kappa shape index (κ1) is 27.5. The Balaban J connectivity index is 1.38. The highest BCUT2D eigenvalue weighted by Gasteiger charge is 2.21. The highest BCUT2D eigenvalue weighted by Crippen LogP contribution is 2.22. The van der Waals surface area contributed by atoms with Crippen LogP contribution in [0.3, 0.4) is 0 Å². The second-order valence-electron chi connectivity index (χ2n) is 9.04. The lowest BCUT2D eigenvalue weighted by Crippen LogP contribution is -2.37. The number of carbonyl (C=O) groups excluding carboxylic acids is 2. The summed E-state index contributed by atoms with van der Waals surface area (Å²) in [4.78, 5) is 35.2. The second-order valence-corrected chi connectivity index (χ2v) is 11.0. The van der Waals surface area contributed by atoms with Crippen molar-refractivity contribution in [3.8, 4) is 0 Å². The quantitative estimate of drug-likeness (QED) is 0.188. The molecular weight excluding hydrogens is 518 g/mol. The molecule has 0 fully saturated rings. The number of aromatic nitrogens is 2. The summed E-state index contributed by atoms with van der Waals surface area (Å²) in [6, 6.07) is 20.1. The summed E-state index contributed by atoms with van der Waals surface area (Å²) < 4.78 is 11.0. The Morgan fingerprint density at radius 2 is 1.34 bits per heavy atom. The van der Waals surface area contributed by atoms with Crippen LogP contribution >= 0.6 is 22.7 Å². The third kappa shape index (κ3) is 9.72. The van der Waals surface area contributed by atoms with Crippen LogP contribution in [0, 0.1) is 5.92 Å². The summed E-state index contributed by atoms with van der Waals surface area (Å²) in [5, 5.41) is 3.05. The molecule has 9 heteroatoms. The zero-order valence-electron chi connectivity index (χ0n) is 21.0. The van der Waals surface area contributed by atoms with Crippen molar-refractivity contribution >= 4 is 34.7 Å². The Bertz CT molecular complexity index is 1120. The Hall–Kier alpha value is -3.56. The zero-order chi connectivity index (χ0) is 26.4. The number of alkyl carbamates (subject to hydrolysis) is 1. The van der Waals surface area contributed by atoms with Gasteiger partial charge in [-0.1, -0.05) is 60.7 Å². The van der Waals surface area contributed by atoms with Gasteiger partial charge in [0.05, 0.1) is 20.8 Å². The molecule has 38 heavy (non-hydrogen) atoms. The van der Waals surface area contributed by atoms with Gasteiger partial charge in [0.15, 0.2) is 0 Å². The predicted molar refractivity (Wildman–Crippen MR) is 149 cm³/mol. The molecule has 0 saturated carbocycles. The van der Waals surface area contributed by atoms with E-state index in [1.807, 2.05) is 36.4 Å². The van der Waals surface area contributed by atoms with Gasteiger partial charge in [-0.3, -0.25) is 14.8 Å². The van der Waals surface area contributed by atoms with E-state index >= 15 is 0 Å². The fraction of sp³-hybridized carbons (Fsp3) is 0.310. The number of nitrogens with zero attached hydrogens (tertiary/aromatic N) is 2.